The van der Waals surface area contributed by atoms with Crippen molar-refractivity contribution in [3.8, 4) is 0 Å². The Morgan fingerprint density at radius 1 is 1.26 bits per heavy atom. The molecule has 0 saturated heterocycles. The second-order valence-corrected chi connectivity index (χ2v) is 5.61. The zero-order chi connectivity index (χ0) is 14.4. The van der Waals surface area contributed by atoms with Crippen LogP contribution in [0.3, 0.4) is 0 Å². The molecular weight excluding hydrogens is 276 g/mol. The number of nitrogens with two attached hydrogens (primary N) is 1. The molecule has 2 amide bonds. The van der Waals surface area contributed by atoms with Crippen LogP contribution in [0.25, 0.3) is 0 Å². The minimum atomic E-state index is -4.56. The smallest absolute Gasteiger partial charge is 0.320 e. The van der Waals surface area contributed by atoms with Crippen molar-refractivity contribution in [1.29, 1.82) is 0 Å². The van der Waals surface area contributed by atoms with Crippen molar-refractivity contribution < 1.29 is 27.9 Å². The van der Waals surface area contributed by atoms with Crippen LogP contribution in [0.5, 0.6) is 0 Å². The molecule has 0 fully saturated rings. The fourth-order valence-electron chi connectivity index (χ4n) is 1.76. The maximum atomic E-state index is 11.9. The monoisotopic (exact) mass is 284 g/mol. The third-order valence-corrected chi connectivity index (χ3v) is 3.99. The van der Waals surface area contributed by atoms with E-state index in [1.54, 1.807) is 0 Å². The standard InChI is InChI=1S/C10H8N2O6S/c11-6-3-1-2-5-8(6)10(16)12(9(5)15)19(17,18)4-7(13)14/h1-3H,4,11H2,(H,13,14). The number of carboxylic acid groups (broad SMARTS) is 1. The van der Waals surface area contributed by atoms with E-state index in [4.69, 9.17) is 10.8 Å². The lowest BCUT2D eigenvalue weighted by atomic mass is 10.1. The number of anilines is 1. The van der Waals surface area contributed by atoms with Crippen LogP contribution in [0.15, 0.2) is 18.2 Å². The van der Waals surface area contributed by atoms with Crippen molar-refractivity contribution in [1.82, 2.24) is 4.31 Å². The molecule has 0 aromatic heterocycles. The SMILES string of the molecule is Nc1cccc2c1C(=O)N(S(=O)(=O)CC(=O)O)C2=O. The fourth-order valence-corrected chi connectivity index (χ4v) is 2.90. The quantitative estimate of drug-likeness (QED) is 0.552. The van der Waals surface area contributed by atoms with Crippen molar-refractivity contribution in [2.45, 2.75) is 0 Å². The zero-order valence-corrected chi connectivity index (χ0v) is 10.2. The summed E-state index contributed by atoms with van der Waals surface area (Å²) >= 11 is 0. The highest BCUT2D eigenvalue weighted by Crippen LogP contribution is 2.29. The Bertz CT molecular complexity index is 709. The number of fused-ring (bicyclic) bond motifs is 1. The van der Waals surface area contributed by atoms with Gasteiger partial charge in [-0.25, -0.2) is 8.42 Å². The van der Waals surface area contributed by atoms with Gasteiger partial charge in [-0.2, -0.15) is 4.31 Å². The van der Waals surface area contributed by atoms with Gasteiger partial charge in [0, 0.05) is 5.69 Å². The summed E-state index contributed by atoms with van der Waals surface area (Å²) < 4.78 is 23.4. The Labute approximate surface area is 107 Å². The number of carboxylic acids is 1. The van der Waals surface area contributed by atoms with E-state index in [2.05, 4.69) is 0 Å². The van der Waals surface area contributed by atoms with Gasteiger partial charge in [0.25, 0.3) is 21.8 Å². The molecule has 8 nitrogen and oxygen atoms in total. The maximum Gasteiger partial charge on any atom is 0.320 e. The lowest BCUT2D eigenvalue weighted by Crippen LogP contribution is -2.39. The van der Waals surface area contributed by atoms with Gasteiger partial charge in [0.15, 0.2) is 5.75 Å². The van der Waals surface area contributed by atoms with Crippen LogP contribution in [0, 0.1) is 0 Å². The fraction of sp³-hybridized carbons (Fsp3) is 0.100. The van der Waals surface area contributed by atoms with E-state index in [1.165, 1.54) is 18.2 Å². The van der Waals surface area contributed by atoms with Crippen LogP contribution in [0.2, 0.25) is 0 Å². The van der Waals surface area contributed by atoms with Gasteiger partial charge in [0.1, 0.15) is 0 Å². The van der Waals surface area contributed by atoms with Gasteiger partial charge in [-0.15, -0.1) is 0 Å². The second kappa shape index (κ2) is 4.05. The predicted octanol–water partition coefficient (Wildman–Crippen LogP) is -0.721. The molecule has 0 saturated carbocycles. The molecule has 0 aliphatic carbocycles. The first-order chi connectivity index (χ1) is 8.75. The van der Waals surface area contributed by atoms with Crippen molar-refractivity contribution in [3.63, 3.8) is 0 Å². The highest BCUT2D eigenvalue weighted by molar-refractivity contribution is 7.91. The van der Waals surface area contributed by atoms with Crippen LogP contribution >= 0.6 is 0 Å². The van der Waals surface area contributed by atoms with E-state index in [9.17, 15) is 22.8 Å². The Balaban J connectivity index is 2.55. The topological polar surface area (TPSA) is 135 Å². The molecule has 0 spiro atoms. The van der Waals surface area contributed by atoms with Crippen LogP contribution in [0.4, 0.5) is 5.69 Å². The minimum Gasteiger partial charge on any atom is -0.480 e. The number of imide groups is 1. The van der Waals surface area contributed by atoms with E-state index in [-0.39, 0.29) is 21.1 Å². The maximum absolute atomic E-state index is 11.9. The van der Waals surface area contributed by atoms with Gasteiger partial charge in [0.05, 0.1) is 11.1 Å². The number of rotatable bonds is 3. The molecule has 0 bridgehead atoms. The summed E-state index contributed by atoms with van der Waals surface area (Å²) in [6.07, 6.45) is 0. The highest BCUT2D eigenvalue weighted by Gasteiger charge is 2.45. The predicted molar refractivity (Wildman–Crippen MR) is 62.8 cm³/mol. The molecule has 100 valence electrons. The van der Waals surface area contributed by atoms with Crippen LogP contribution in [-0.2, 0) is 14.8 Å². The molecule has 1 heterocycles. The van der Waals surface area contributed by atoms with E-state index >= 15 is 0 Å². The number of sulfonamides is 1. The van der Waals surface area contributed by atoms with E-state index in [1.807, 2.05) is 0 Å². The summed E-state index contributed by atoms with van der Waals surface area (Å²) in [5.41, 5.74) is 5.11. The minimum absolute atomic E-state index is 0.0381. The molecule has 19 heavy (non-hydrogen) atoms. The first-order valence-electron chi connectivity index (χ1n) is 4.97. The van der Waals surface area contributed by atoms with Crippen molar-refractivity contribution in [2.75, 3.05) is 11.5 Å². The summed E-state index contributed by atoms with van der Waals surface area (Å²) in [5.74, 6) is -5.23. The molecule has 0 atom stereocenters. The van der Waals surface area contributed by atoms with Gasteiger partial charge in [0.2, 0.25) is 0 Å². The molecule has 3 N–H and O–H groups in total. The van der Waals surface area contributed by atoms with E-state index in [0.717, 1.165) is 0 Å². The third kappa shape index (κ3) is 1.93. The van der Waals surface area contributed by atoms with Crippen LogP contribution in [-0.4, -0.2) is 41.4 Å². The number of benzene rings is 1. The number of nitrogen functional groups attached to an aromatic ring is 1. The van der Waals surface area contributed by atoms with Gasteiger partial charge < -0.3 is 10.8 Å². The number of carbonyl (C=O) groups excluding carboxylic acids is 2. The number of carbonyl (C=O) groups is 3. The van der Waals surface area contributed by atoms with E-state index < -0.39 is 33.6 Å². The number of aliphatic carboxylic acids is 1. The lowest BCUT2D eigenvalue weighted by molar-refractivity contribution is -0.134. The highest BCUT2D eigenvalue weighted by atomic mass is 32.2. The van der Waals surface area contributed by atoms with Crippen LogP contribution in [0.1, 0.15) is 20.7 Å². The Kier molecular flexibility index (Phi) is 2.78. The molecule has 9 heteroatoms. The summed E-state index contributed by atoms with van der Waals surface area (Å²) in [4.78, 5) is 34.2. The number of hydrogen-bond acceptors (Lipinski definition) is 6. The summed E-state index contributed by atoms with van der Waals surface area (Å²) in [5, 5.41) is 8.50. The molecular formula is C10H8N2O6S. The average molecular weight is 284 g/mol. The summed E-state index contributed by atoms with van der Waals surface area (Å²) in [6.45, 7) is 0. The Morgan fingerprint density at radius 3 is 2.42 bits per heavy atom. The molecule has 1 aromatic rings. The largest absolute Gasteiger partial charge is 0.480 e. The number of amides is 2. The lowest BCUT2D eigenvalue weighted by Gasteiger charge is -2.12. The number of nitrogens with zero attached hydrogens (tertiary/aromatic N) is 1. The molecule has 0 unspecified atom stereocenters. The number of hydrogen-bond donors (Lipinski definition) is 2. The summed E-state index contributed by atoms with van der Waals surface area (Å²) in [7, 11) is -4.56. The van der Waals surface area contributed by atoms with Gasteiger partial charge in [-0.1, -0.05) is 6.07 Å². The molecule has 0 radical (unpaired) electrons. The van der Waals surface area contributed by atoms with Gasteiger partial charge in [-0.3, -0.25) is 14.4 Å². The molecule has 1 aliphatic heterocycles. The average Bonchev–Trinajstić information content (AvgIpc) is 2.51. The van der Waals surface area contributed by atoms with Crippen LogP contribution < -0.4 is 5.73 Å². The molecule has 2 rings (SSSR count). The van der Waals surface area contributed by atoms with Gasteiger partial charge in [-0.05, 0) is 12.1 Å². The Hall–Kier alpha value is -2.42. The van der Waals surface area contributed by atoms with E-state index in [0.29, 0.717) is 0 Å². The molecule has 1 aliphatic rings. The van der Waals surface area contributed by atoms with Gasteiger partial charge >= 0.3 is 5.97 Å². The first-order valence-corrected chi connectivity index (χ1v) is 6.58. The Morgan fingerprint density at radius 2 is 1.89 bits per heavy atom. The molecule has 1 aromatic carbocycles. The summed E-state index contributed by atoms with van der Waals surface area (Å²) in [6, 6.07) is 3.99. The van der Waals surface area contributed by atoms with Crippen molar-refractivity contribution >= 4 is 33.5 Å². The first kappa shape index (κ1) is 13.0. The second-order valence-electron chi connectivity index (χ2n) is 3.79. The third-order valence-electron chi connectivity index (χ3n) is 2.49. The zero-order valence-electron chi connectivity index (χ0n) is 9.36. The van der Waals surface area contributed by atoms with Crippen molar-refractivity contribution in [2.24, 2.45) is 0 Å². The van der Waals surface area contributed by atoms with Crippen molar-refractivity contribution in [3.05, 3.63) is 29.3 Å². The normalized spacial score (nSPS) is 14.6.